The first-order chi connectivity index (χ1) is 8.75. The summed E-state index contributed by atoms with van der Waals surface area (Å²) in [6.07, 6.45) is -0.395. The van der Waals surface area contributed by atoms with Gasteiger partial charge in [-0.3, -0.25) is 0 Å². The fourth-order valence-electron chi connectivity index (χ4n) is 2.76. The number of hydrogen-bond donors (Lipinski definition) is 1. The molecule has 0 aliphatic carbocycles. The highest BCUT2D eigenvalue weighted by atomic mass is 32.1. The highest BCUT2D eigenvalue weighted by molar-refractivity contribution is 7.10. The van der Waals surface area contributed by atoms with Crippen molar-refractivity contribution in [3.63, 3.8) is 0 Å². The number of aliphatic hydroxyl groups is 1. The summed E-state index contributed by atoms with van der Waals surface area (Å²) >= 11 is 1.63. The highest BCUT2D eigenvalue weighted by Crippen LogP contribution is 2.38. The van der Waals surface area contributed by atoms with Crippen LogP contribution >= 0.6 is 11.3 Å². The van der Waals surface area contributed by atoms with Crippen molar-refractivity contribution in [2.75, 3.05) is 13.6 Å². The average molecular weight is 259 g/mol. The van der Waals surface area contributed by atoms with Crippen LogP contribution in [0.4, 0.5) is 0 Å². The number of rotatable bonds is 2. The normalized spacial score (nSPS) is 21.6. The number of likely N-dealkylation sites (N-methyl/N-ethyl adjacent to an activating group) is 1. The minimum atomic E-state index is -0.395. The SMILES string of the molecule is CN1Cc2ccccc2C(C(O)c2cccs2)C1. The maximum Gasteiger partial charge on any atom is 0.0962 e. The number of nitrogens with zero attached hydrogens (tertiary/aromatic N) is 1. The van der Waals surface area contributed by atoms with Crippen molar-refractivity contribution >= 4 is 11.3 Å². The largest absolute Gasteiger partial charge is 0.387 e. The Bertz CT molecular complexity index is 523. The molecule has 2 atom stereocenters. The number of benzene rings is 1. The zero-order valence-corrected chi connectivity index (χ0v) is 11.2. The summed E-state index contributed by atoms with van der Waals surface area (Å²) in [6.45, 7) is 1.89. The van der Waals surface area contributed by atoms with Crippen LogP contribution in [0.2, 0.25) is 0 Å². The number of fused-ring (bicyclic) bond motifs is 1. The average Bonchev–Trinajstić information content (AvgIpc) is 2.90. The highest BCUT2D eigenvalue weighted by Gasteiger charge is 2.30. The molecule has 0 saturated heterocycles. The molecule has 18 heavy (non-hydrogen) atoms. The second-order valence-electron chi connectivity index (χ2n) is 4.96. The van der Waals surface area contributed by atoms with E-state index in [1.54, 1.807) is 11.3 Å². The fraction of sp³-hybridized carbons (Fsp3) is 0.333. The molecule has 0 fully saturated rings. The van der Waals surface area contributed by atoms with Crippen LogP contribution < -0.4 is 0 Å². The molecular weight excluding hydrogens is 242 g/mol. The molecule has 2 heterocycles. The van der Waals surface area contributed by atoms with E-state index in [-0.39, 0.29) is 5.92 Å². The Labute approximate surface area is 112 Å². The van der Waals surface area contributed by atoms with E-state index in [0.29, 0.717) is 0 Å². The molecule has 2 aromatic rings. The van der Waals surface area contributed by atoms with Crippen molar-refractivity contribution in [2.45, 2.75) is 18.6 Å². The van der Waals surface area contributed by atoms with E-state index >= 15 is 0 Å². The molecule has 1 N–H and O–H groups in total. The Kier molecular flexibility index (Phi) is 3.20. The molecule has 2 nitrogen and oxygen atoms in total. The van der Waals surface area contributed by atoms with Crippen LogP contribution in [-0.2, 0) is 6.54 Å². The predicted molar refractivity (Wildman–Crippen MR) is 74.8 cm³/mol. The maximum atomic E-state index is 10.6. The standard InChI is InChI=1S/C15H17NOS/c1-16-9-11-5-2-3-6-12(11)13(10-16)15(17)14-7-4-8-18-14/h2-8,13,15,17H,9-10H2,1H3. The molecular formula is C15H17NOS. The summed E-state index contributed by atoms with van der Waals surface area (Å²) < 4.78 is 0. The number of thiophene rings is 1. The van der Waals surface area contributed by atoms with Crippen LogP contribution in [0, 0.1) is 0 Å². The van der Waals surface area contributed by atoms with Gasteiger partial charge in [-0.2, -0.15) is 0 Å². The topological polar surface area (TPSA) is 23.5 Å². The van der Waals surface area contributed by atoms with Gasteiger partial charge in [0.05, 0.1) is 6.10 Å². The molecule has 0 bridgehead atoms. The zero-order chi connectivity index (χ0) is 12.5. The lowest BCUT2D eigenvalue weighted by Gasteiger charge is -2.34. The van der Waals surface area contributed by atoms with Crippen LogP contribution in [0.3, 0.4) is 0 Å². The third kappa shape index (κ3) is 2.09. The summed E-state index contributed by atoms with van der Waals surface area (Å²) in [4.78, 5) is 3.34. The molecule has 1 aliphatic rings. The molecule has 0 radical (unpaired) electrons. The van der Waals surface area contributed by atoms with E-state index < -0.39 is 6.10 Å². The van der Waals surface area contributed by atoms with Crippen molar-refractivity contribution in [1.29, 1.82) is 0 Å². The van der Waals surface area contributed by atoms with Gasteiger partial charge in [0.1, 0.15) is 0 Å². The lowest BCUT2D eigenvalue weighted by Crippen LogP contribution is -2.33. The van der Waals surface area contributed by atoms with E-state index in [1.165, 1.54) is 11.1 Å². The van der Waals surface area contributed by atoms with Crippen LogP contribution in [0.1, 0.15) is 28.0 Å². The van der Waals surface area contributed by atoms with E-state index in [1.807, 2.05) is 17.5 Å². The second-order valence-corrected chi connectivity index (χ2v) is 5.94. The van der Waals surface area contributed by atoms with Crippen molar-refractivity contribution in [3.8, 4) is 0 Å². The first kappa shape index (κ1) is 11.9. The van der Waals surface area contributed by atoms with Crippen LogP contribution in [0.15, 0.2) is 41.8 Å². The molecule has 0 saturated carbocycles. The molecule has 2 unspecified atom stereocenters. The molecule has 3 heteroatoms. The maximum absolute atomic E-state index is 10.6. The molecule has 3 rings (SSSR count). The summed E-state index contributed by atoms with van der Waals surface area (Å²) in [5.74, 6) is 0.179. The summed E-state index contributed by atoms with van der Waals surface area (Å²) in [5, 5.41) is 12.6. The smallest absolute Gasteiger partial charge is 0.0962 e. The molecule has 94 valence electrons. The monoisotopic (exact) mass is 259 g/mol. The van der Waals surface area contributed by atoms with Gasteiger partial charge in [-0.15, -0.1) is 11.3 Å². The molecule has 0 spiro atoms. The fourth-order valence-corrected chi connectivity index (χ4v) is 3.53. The lowest BCUT2D eigenvalue weighted by atomic mass is 9.85. The van der Waals surface area contributed by atoms with Crippen LogP contribution in [0.5, 0.6) is 0 Å². The first-order valence-corrected chi connectivity index (χ1v) is 7.11. The minimum absolute atomic E-state index is 0.179. The first-order valence-electron chi connectivity index (χ1n) is 6.23. The van der Waals surface area contributed by atoms with Gasteiger partial charge in [-0.1, -0.05) is 30.3 Å². The van der Waals surface area contributed by atoms with Crippen LogP contribution in [-0.4, -0.2) is 23.6 Å². The van der Waals surface area contributed by atoms with Crippen molar-refractivity contribution in [2.24, 2.45) is 0 Å². The zero-order valence-electron chi connectivity index (χ0n) is 10.4. The summed E-state index contributed by atoms with van der Waals surface area (Å²) in [6, 6.07) is 12.5. The van der Waals surface area contributed by atoms with Gasteiger partial charge >= 0.3 is 0 Å². The molecule has 0 amide bonds. The van der Waals surface area contributed by atoms with Gasteiger partial charge in [0, 0.05) is 23.9 Å². The van der Waals surface area contributed by atoms with Gasteiger partial charge in [-0.05, 0) is 29.6 Å². The quantitative estimate of drug-likeness (QED) is 0.896. The lowest BCUT2D eigenvalue weighted by molar-refractivity contribution is 0.116. The number of aliphatic hydroxyl groups excluding tert-OH is 1. The van der Waals surface area contributed by atoms with Crippen molar-refractivity contribution < 1.29 is 5.11 Å². The molecule has 1 aromatic heterocycles. The Morgan fingerprint density at radius 1 is 1.28 bits per heavy atom. The van der Waals surface area contributed by atoms with Crippen molar-refractivity contribution in [3.05, 3.63) is 57.8 Å². The predicted octanol–water partition coefficient (Wildman–Crippen LogP) is 3.01. The minimum Gasteiger partial charge on any atom is -0.387 e. The van der Waals surface area contributed by atoms with Gasteiger partial charge < -0.3 is 10.0 Å². The summed E-state index contributed by atoms with van der Waals surface area (Å²) in [7, 11) is 2.12. The second kappa shape index (κ2) is 4.84. The van der Waals surface area contributed by atoms with E-state index in [4.69, 9.17) is 0 Å². The third-order valence-electron chi connectivity index (χ3n) is 3.62. The molecule has 1 aliphatic heterocycles. The Morgan fingerprint density at radius 2 is 2.11 bits per heavy atom. The van der Waals surface area contributed by atoms with Gasteiger partial charge in [0.25, 0.3) is 0 Å². The van der Waals surface area contributed by atoms with Gasteiger partial charge in [0.15, 0.2) is 0 Å². The van der Waals surface area contributed by atoms with Crippen LogP contribution in [0.25, 0.3) is 0 Å². The van der Waals surface area contributed by atoms with Crippen molar-refractivity contribution in [1.82, 2.24) is 4.90 Å². The molecule has 1 aromatic carbocycles. The summed E-state index contributed by atoms with van der Waals surface area (Å²) in [5.41, 5.74) is 2.64. The Balaban J connectivity index is 1.97. The number of hydrogen-bond acceptors (Lipinski definition) is 3. The van der Waals surface area contributed by atoms with Gasteiger partial charge in [-0.25, -0.2) is 0 Å². The van der Waals surface area contributed by atoms with E-state index in [2.05, 4.69) is 36.2 Å². The Morgan fingerprint density at radius 3 is 2.89 bits per heavy atom. The third-order valence-corrected chi connectivity index (χ3v) is 4.56. The Hall–Kier alpha value is -1.16. The van der Waals surface area contributed by atoms with E-state index in [0.717, 1.165) is 18.0 Å². The van der Waals surface area contributed by atoms with Gasteiger partial charge in [0.2, 0.25) is 0 Å². The van der Waals surface area contributed by atoms with E-state index in [9.17, 15) is 5.11 Å².